The molecule has 0 spiro atoms. The molecule has 0 aromatic heterocycles. The first-order valence-electron chi connectivity index (χ1n) is 8.25. The highest BCUT2D eigenvalue weighted by atomic mass is 32.2. The third-order valence-electron chi connectivity index (χ3n) is 4.61. The lowest BCUT2D eigenvalue weighted by Crippen LogP contribution is -2.44. The van der Waals surface area contributed by atoms with E-state index in [1.165, 1.54) is 18.4 Å². The van der Waals surface area contributed by atoms with E-state index in [2.05, 4.69) is 43.4 Å². The van der Waals surface area contributed by atoms with Crippen molar-refractivity contribution in [3.05, 3.63) is 42.0 Å². The lowest BCUT2D eigenvalue weighted by molar-refractivity contribution is -0.119. The molecule has 0 aliphatic heterocycles. The van der Waals surface area contributed by atoms with Crippen LogP contribution in [0.2, 0.25) is 0 Å². The van der Waals surface area contributed by atoms with Crippen molar-refractivity contribution in [3.8, 4) is 0 Å². The van der Waals surface area contributed by atoms with Crippen molar-refractivity contribution in [1.29, 1.82) is 0 Å². The van der Waals surface area contributed by atoms with Gasteiger partial charge in [0.2, 0.25) is 5.91 Å². The summed E-state index contributed by atoms with van der Waals surface area (Å²) >= 11 is 1.67. The van der Waals surface area contributed by atoms with Crippen LogP contribution in [0.1, 0.15) is 38.7 Å². The third-order valence-corrected chi connectivity index (χ3v) is 5.50. The maximum atomic E-state index is 12.0. The van der Waals surface area contributed by atoms with Gasteiger partial charge in [-0.2, -0.15) is 0 Å². The van der Waals surface area contributed by atoms with Crippen molar-refractivity contribution in [1.82, 2.24) is 5.32 Å². The van der Waals surface area contributed by atoms with E-state index in [1.807, 2.05) is 18.2 Å². The van der Waals surface area contributed by atoms with Gasteiger partial charge in [0.05, 0.1) is 5.75 Å². The number of rotatable bonds is 6. The van der Waals surface area contributed by atoms with Gasteiger partial charge in [0.25, 0.3) is 0 Å². The van der Waals surface area contributed by atoms with Gasteiger partial charge in [-0.3, -0.25) is 4.79 Å². The molecule has 0 bridgehead atoms. The van der Waals surface area contributed by atoms with Crippen LogP contribution in [0.5, 0.6) is 0 Å². The minimum atomic E-state index is 0.184. The average Bonchev–Trinajstić information content (AvgIpc) is 2.52. The summed E-state index contributed by atoms with van der Waals surface area (Å²) in [6, 6.07) is 10.6. The van der Waals surface area contributed by atoms with Crippen molar-refractivity contribution in [2.75, 3.05) is 11.5 Å². The smallest absolute Gasteiger partial charge is 0.230 e. The third kappa shape index (κ3) is 5.53. The second-order valence-electron chi connectivity index (χ2n) is 6.27. The summed E-state index contributed by atoms with van der Waals surface area (Å²) in [5.74, 6) is 2.93. The van der Waals surface area contributed by atoms with E-state index in [9.17, 15) is 4.79 Å². The Bertz CT molecular complexity index is 485. The molecule has 2 nitrogen and oxygen atoms in total. The molecular formula is C19H27NOS. The molecule has 1 amide bonds. The van der Waals surface area contributed by atoms with Gasteiger partial charge in [-0.1, -0.05) is 69.2 Å². The Kier molecular flexibility index (Phi) is 7.04. The molecule has 1 aliphatic carbocycles. The average molecular weight is 317 g/mol. The van der Waals surface area contributed by atoms with Gasteiger partial charge in [0, 0.05) is 11.8 Å². The summed E-state index contributed by atoms with van der Waals surface area (Å²) < 4.78 is 0. The van der Waals surface area contributed by atoms with Crippen molar-refractivity contribution in [3.63, 3.8) is 0 Å². The zero-order chi connectivity index (χ0) is 15.8. The van der Waals surface area contributed by atoms with E-state index >= 15 is 0 Å². The lowest BCUT2D eigenvalue weighted by Gasteiger charge is -2.34. The van der Waals surface area contributed by atoms with Crippen molar-refractivity contribution in [2.45, 2.75) is 39.2 Å². The van der Waals surface area contributed by atoms with Gasteiger partial charge in [-0.05, 0) is 23.8 Å². The Hall–Kier alpha value is -1.22. The number of amides is 1. The van der Waals surface area contributed by atoms with Crippen LogP contribution in [-0.2, 0) is 4.79 Å². The van der Waals surface area contributed by atoms with Crippen molar-refractivity contribution < 1.29 is 4.79 Å². The minimum absolute atomic E-state index is 0.184. The normalized spacial score (nSPS) is 25.3. The van der Waals surface area contributed by atoms with Crippen LogP contribution in [0, 0.1) is 11.8 Å². The van der Waals surface area contributed by atoms with E-state index in [0.717, 1.165) is 18.1 Å². The van der Waals surface area contributed by atoms with E-state index in [0.29, 0.717) is 17.7 Å². The molecule has 0 saturated heterocycles. The molecule has 22 heavy (non-hydrogen) atoms. The predicted octanol–water partition coefficient (Wildman–Crippen LogP) is 4.37. The van der Waals surface area contributed by atoms with Gasteiger partial charge in [-0.25, -0.2) is 0 Å². The van der Waals surface area contributed by atoms with Gasteiger partial charge in [0.15, 0.2) is 0 Å². The number of carbonyl (C=O) groups excluding carboxylic acids is 1. The maximum absolute atomic E-state index is 12.0. The molecule has 1 N–H and O–H groups in total. The number of carbonyl (C=O) groups is 1. The molecule has 0 heterocycles. The van der Waals surface area contributed by atoms with E-state index in [4.69, 9.17) is 0 Å². The largest absolute Gasteiger partial charge is 0.352 e. The zero-order valence-corrected chi connectivity index (χ0v) is 14.4. The number of nitrogens with one attached hydrogen (secondary N) is 1. The monoisotopic (exact) mass is 317 g/mol. The second kappa shape index (κ2) is 9.04. The summed E-state index contributed by atoms with van der Waals surface area (Å²) in [5, 5.41) is 3.22. The Morgan fingerprint density at radius 1 is 1.27 bits per heavy atom. The number of thioether (sulfide) groups is 1. The van der Waals surface area contributed by atoms with E-state index in [1.54, 1.807) is 11.8 Å². The molecule has 1 aliphatic rings. The van der Waals surface area contributed by atoms with Crippen LogP contribution >= 0.6 is 11.8 Å². The van der Waals surface area contributed by atoms with Crippen LogP contribution in [-0.4, -0.2) is 23.5 Å². The first kappa shape index (κ1) is 17.1. The van der Waals surface area contributed by atoms with Gasteiger partial charge in [-0.15, -0.1) is 11.8 Å². The fourth-order valence-electron chi connectivity index (χ4n) is 3.00. The highest BCUT2D eigenvalue weighted by Crippen LogP contribution is 2.29. The second-order valence-corrected chi connectivity index (χ2v) is 7.30. The van der Waals surface area contributed by atoms with Crippen LogP contribution in [0.4, 0.5) is 0 Å². The topological polar surface area (TPSA) is 29.1 Å². The number of benzene rings is 1. The fraction of sp³-hybridized carbons (Fsp3) is 0.526. The standard InChI is InChI=1S/C19H27NOS/c1-15-8-6-12-18(16(15)2)20-19(21)14-22-13-7-11-17-9-4-3-5-10-17/h3-5,7,9-11,15-16,18H,6,8,12-14H2,1-2H3,(H,20,21)/b11-7+/t15-,16-,18+/m1/s1. The molecule has 120 valence electrons. The molecule has 1 aromatic rings. The molecule has 1 saturated carbocycles. The summed E-state index contributed by atoms with van der Waals surface area (Å²) in [4.78, 5) is 12.0. The molecule has 3 heteroatoms. The van der Waals surface area contributed by atoms with Crippen LogP contribution in [0.15, 0.2) is 36.4 Å². The Balaban J connectivity index is 1.64. The summed E-state index contributed by atoms with van der Waals surface area (Å²) in [7, 11) is 0. The number of hydrogen-bond donors (Lipinski definition) is 1. The first-order chi connectivity index (χ1) is 10.7. The fourth-order valence-corrected chi connectivity index (χ4v) is 3.62. The molecule has 0 radical (unpaired) electrons. The summed E-state index contributed by atoms with van der Waals surface area (Å²) in [5.41, 5.74) is 1.21. The predicted molar refractivity (Wildman–Crippen MR) is 96.9 cm³/mol. The summed E-state index contributed by atoms with van der Waals surface area (Å²) in [6.07, 6.45) is 7.90. The van der Waals surface area contributed by atoms with Crippen LogP contribution in [0.25, 0.3) is 6.08 Å². The van der Waals surface area contributed by atoms with Crippen molar-refractivity contribution >= 4 is 23.7 Å². The summed E-state index contributed by atoms with van der Waals surface area (Å²) in [6.45, 7) is 4.57. The van der Waals surface area contributed by atoms with Gasteiger partial charge >= 0.3 is 0 Å². The number of hydrogen-bond acceptors (Lipinski definition) is 2. The van der Waals surface area contributed by atoms with E-state index in [-0.39, 0.29) is 5.91 Å². The Morgan fingerprint density at radius 3 is 2.82 bits per heavy atom. The van der Waals surface area contributed by atoms with Crippen LogP contribution < -0.4 is 5.32 Å². The Labute approximate surface area is 138 Å². The molecule has 1 fully saturated rings. The highest BCUT2D eigenvalue weighted by molar-refractivity contribution is 8.00. The molecular weight excluding hydrogens is 290 g/mol. The zero-order valence-electron chi connectivity index (χ0n) is 13.6. The maximum Gasteiger partial charge on any atom is 0.230 e. The van der Waals surface area contributed by atoms with Gasteiger partial charge < -0.3 is 5.32 Å². The lowest BCUT2D eigenvalue weighted by atomic mass is 9.78. The first-order valence-corrected chi connectivity index (χ1v) is 9.41. The quantitative estimate of drug-likeness (QED) is 0.789. The van der Waals surface area contributed by atoms with Gasteiger partial charge in [0.1, 0.15) is 0 Å². The molecule has 1 aromatic carbocycles. The van der Waals surface area contributed by atoms with Crippen molar-refractivity contribution in [2.24, 2.45) is 11.8 Å². The SMILES string of the molecule is C[C@@H]1[C@H](C)CCC[C@@H]1NC(=O)CSC/C=C/c1ccccc1. The minimum Gasteiger partial charge on any atom is -0.352 e. The molecule has 0 unspecified atom stereocenters. The molecule has 3 atom stereocenters. The highest BCUT2D eigenvalue weighted by Gasteiger charge is 2.27. The Morgan fingerprint density at radius 2 is 2.05 bits per heavy atom. The molecule has 2 rings (SSSR count). The van der Waals surface area contributed by atoms with Crippen LogP contribution in [0.3, 0.4) is 0 Å². The van der Waals surface area contributed by atoms with E-state index < -0.39 is 0 Å².